The molecule has 3 aromatic rings. The number of hydrogen-bond donors (Lipinski definition) is 1. The number of nitrogens with zero attached hydrogens (tertiary/aromatic N) is 3. The molecule has 1 unspecified atom stereocenters. The van der Waals surface area contributed by atoms with Crippen LogP contribution in [-0.4, -0.2) is 41.4 Å². The molecule has 1 fully saturated rings. The van der Waals surface area contributed by atoms with Crippen LogP contribution in [0.3, 0.4) is 0 Å². The third-order valence-electron chi connectivity index (χ3n) is 5.27. The average molecular weight is 495 g/mol. The Morgan fingerprint density at radius 2 is 1.88 bits per heavy atom. The summed E-state index contributed by atoms with van der Waals surface area (Å²) in [6.07, 6.45) is 2.70. The van der Waals surface area contributed by atoms with Crippen molar-refractivity contribution in [3.63, 3.8) is 0 Å². The van der Waals surface area contributed by atoms with Gasteiger partial charge in [0.05, 0.1) is 15.5 Å². The van der Waals surface area contributed by atoms with Crippen LogP contribution in [0.25, 0.3) is 11.5 Å². The topological polar surface area (TPSA) is 105 Å². The van der Waals surface area contributed by atoms with Crippen molar-refractivity contribution in [2.45, 2.75) is 37.1 Å². The first-order chi connectivity index (χ1) is 15.3. The molecule has 1 aromatic heterocycles. The predicted octanol–water partition coefficient (Wildman–Crippen LogP) is 4.86. The number of benzene rings is 2. The van der Waals surface area contributed by atoms with Gasteiger partial charge in [-0.25, -0.2) is 8.42 Å². The second kappa shape index (κ2) is 9.19. The van der Waals surface area contributed by atoms with Crippen molar-refractivity contribution in [2.75, 3.05) is 11.9 Å². The van der Waals surface area contributed by atoms with E-state index in [2.05, 4.69) is 15.5 Å². The molecule has 0 aliphatic carbocycles. The second-order valence-electron chi connectivity index (χ2n) is 7.48. The fraction of sp³-hybridized carbons (Fsp3) is 0.286. The van der Waals surface area contributed by atoms with Crippen LogP contribution in [0.2, 0.25) is 10.0 Å². The lowest BCUT2D eigenvalue weighted by atomic mass is 10.1. The quantitative estimate of drug-likeness (QED) is 0.542. The molecule has 1 saturated heterocycles. The molecule has 8 nitrogen and oxygen atoms in total. The lowest BCUT2D eigenvalue weighted by Gasteiger charge is -2.32. The van der Waals surface area contributed by atoms with Crippen molar-refractivity contribution in [1.29, 1.82) is 0 Å². The minimum Gasteiger partial charge on any atom is -0.403 e. The van der Waals surface area contributed by atoms with Crippen LogP contribution in [0.4, 0.5) is 6.01 Å². The van der Waals surface area contributed by atoms with E-state index in [4.69, 9.17) is 27.6 Å². The number of nitrogens with one attached hydrogen (secondary N) is 1. The maximum absolute atomic E-state index is 12.9. The van der Waals surface area contributed by atoms with Gasteiger partial charge in [-0.15, -0.1) is 5.10 Å². The maximum atomic E-state index is 12.9. The van der Waals surface area contributed by atoms with Gasteiger partial charge < -0.3 is 4.42 Å². The number of piperidine rings is 1. The number of aromatic nitrogens is 2. The Balaban J connectivity index is 1.48. The summed E-state index contributed by atoms with van der Waals surface area (Å²) in [6, 6.07) is 10.4. The van der Waals surface area contributed by atoms with Gasteiger partial charge in [0.25, 0.3) is 11.8 Å². The van der Waals surface area contributed by atoms with Crippen LogP contribution in [-0.2, 0) is 10.0 Å². The molecule has 2 aromatic carbocycles. The molecule has 1 aliphatic heterocycles. The Hall–Kier alpha value is -2.46. The normalized spacial score (nSPS) is 17.3. The van der Waals surface area contributed by atoms with Crippen LogP contribution >= 0.6 is 23.2 Å². The molecule has 1 amide bonds. The first-order valence-electron chi connectivity index (χ1n) is 9.98. The standard InChI is InChI=1S/C21H20Cl2N4O4S/c1-13-4-2-3-11-27(13)32(29,30)16-8-5-14(6-9-16)19(28)24-21-26-25-20(31-21)17-12-15(22)7-10-18(17)23/h5-10,12-13H,2-4,11H2,1H3,(H,24,26,28). The number of anilines is 1. The lowest BCUT2D eigenvalue weighted by molar-refractivity contribution is 0.102. The van der Waals surface area contributed by atoms with Gasteiger partial charge in [-0.3, -0.25) is 10.1 Å². The Morgan fingerprint density at radius 1 is 1.12 bits per heavy atom. The van der Waals surface area contributed by atoms with E-state index in [1.165, 1.54) is 28.6 Å². The molecule has 4 rings (SSSR count). The van der Waals surface area contributed by atoms with Crippen LogP contribution < -0.4 is 5.32 Å². The van der Waals surface area contributed by atoms with Gasteiger partial charge in [-0.1, -0.05) is 34.7 Å². The molecule has 0 spiro atoms. The summed E-state index contributed by atoms with van der Waals surface area (Å²) in [5.41, 5.74) is 0.685. The molecule has 11 heteroatoms. The largest absolute Gasteiger partial charge is 0.403 e. The number of amides is 1. The molecule has 2 heterocycles. The van der Waals surface area contributed by atoms with Gasteiger partial charge in [-0.2, -0.15) is 4.31 Å². The third-order valence-corrected chi connectivity index (χ3v) is 7.86. The number of hydrogen-bond acceptors (Lipinski definition) is 6. The van der Waals surface area contributed by atoms with E-state index >= 15 is 0 Å². The van der Waals surface area contributed by atoms with Gasteiger partial charge in [0.15, 0.2) is 0 Å². The highest BCUT2D eigenvalue weighted by molar-refractivity contribution is 7.89. The van der Waals surface area contributed by atoms with Gasteiger partial charge in [-0.05, 0) is 62.2 Å². The van der Waals surface area contributed by atoms with E-state index < -0.39 is 15.9 Å². The molecule has 1 N–H and O–H groups in total. The summed E-state index contributed by atoms with van der Waals surface area (Å²) in [6.45, 7) is 2.41. The minimum atomic E-state index is -3.61. The molecule has 1 atom stereocenters. The number of carbonyl (C=O) groups is 1. The summed E-state index contributed by atoms with van der Waals surface area (Å²) < 4.78 is 32.8. The molecule has 0 radical (unpaired) electrons. The highest BCUT2D eigenvalue weighted by atomic mass is 35.5. The summed E-state index contributed by atoms with van der Waals surface area (Å²) >= 11 is 12.1. The molecule has 32 heavy (non-hydrogen) atoms. The zero-order valence-corrected chi connectivity index (χ0v) is 19.4. The number of sulfonamides is 1. The van der Waals surface area contributed by atoms with Crippen LogP contribution in [0, 0.1) is 0 Å². The summed E-state index contributed by atoms with van der Waals surface area (Å²) in [7, 11) is -3.61. The number of rotatable bonds is 5. The van der Waals surface area contributed by atoms with Crippen molar-refractivity contribution in [1.82, 2.24) is 14.5 Å². The zero-order valence-electron chi connectivity index (χ0n) is 17.1. The van der Waals surface area contributed by atoms with Gasteiger partial charge in [0, 0.05) is 23.2 Å². The molecular weight excluding hydrogens is 475 g/mol. The molecule has 168 valence electrons. The van der Waals surface area contributed by atoms with E-state index in [1.807, 2.05) is 6.92 Å². The van der Waals surface area contributed by atoms with E-state index in [0.29, 0.717) is 22.2 Å². The molecule has 0 bridgehead atoms. The van der Waals surface area contributed by atoms with Gasteiger partial charge in [0.1, 0.15) is 0 Å². The highest BCUT2D eigenvalue weighted by Gasteiger charge is 2.31. The van der Waals surface area contributed by atoms with Gasteiger partial charge in [0.2, 0.25) is 10.0 Å². The van der Waals surface area contributed by atoms with Crippen LogP contribution in [0.1, 0.15) is 36.5 Å². The van der Waals surface area contributed by atoms with Crippen molar-refractivity contribution in [3.05, 3.63) is 58.1 Å². The fourth-order valence-corrected chi connectivity index (χ4v) is 5.63. The lowest BCUT2D eigenvalue weighted by Crippen LogP contribution is -2.41. The van der Waals surface area contributed by atoms with Crippen molar-refractivity contribution in [2.24, 2.45) is 0 Å². The Morgan fingerprint density at radius 3 is 2.59 bits per heavy atom. The minimum absolute atomic E-state index is 0.0450. The fourth-order valence-electron chi connectivity index (χ4n) is 3.56. The Labute approximate surface area is 195 Å². The summed E-state index contributed by atoms with van der Waals surface area (Å²) in [5.74, 6) is -0.419. The van der Waals surface area contributed by atoms with Gasteiger partial charge >= 0.3 is 6.01 Å². The van der Waals surface area contributed by atoms with E-state index in [0.717, 1.165) is 19.3 Å². The SMILES string of the molecule is CC1CCCCN1S(=O)(=O)c1ccc(C(=O)Nc2nnc(-c3cc(Cl)ccc3Cl)o2)cc1. The Kier molecular flexibility index (Phi) is 6.52. The maximum Gasteiger partial charge on any atom is 0.322 e. The van der Waals surface area contributed by atoms with E-state index in [1.54, 1.807) is 18.2 Å². The number of halogens is 2. The van der Waals surface area contributed by atoms with Crippen LogP contribution in [0.5, 0.6) is 0 Å². The first-order valence-corrected chi connectivity index (χ1v) is 12.2. The highest BCUT2D eigenvalue weighted by Crippen LogP contribution is 2.30. The van der Waals surface area contributed by atoms with E-state index in [9.17, 15) is 13.2 Å². The zero-order chi connectivity index (χ0) is 22.9. The first kappa shape index (κ1) is 22.7. The summed E-state index contributed by atoms with van der Waals surface area (Å²) in [5, 5.41) is 11.0. The Bertz CT molecular complexity index is 1240. The monoisotopic (exact) mass is 494 g/mol. The summed E-state index contributed by atoms with van der Waals surface area (Å²) in [4.78, 5) is 12.7. The predicted molar refractivity (Wildman–Crippen MR) is 121 cm³/mol. The smallest absolute Gasteiger partial charge is 0.322 e. The number of carbonyl (C=O) groups excluding carboxylic acids is 1. The molecular formula is C21H20Cl2N4O4S. The average Bonchev–Trinajstić information content (AvgIpc) is 3.24. The third kappa shape index (κ3) is 4.66. The van der Waals surface area contributed by atoms with Crippen molar-refractivity contribution in [3.8, 4) is 11.5 Å². The van der Waals surface area contributed by atoms with Crippen LogP contribution in [0.15, 0.2) is 51.8 Å². The molecule has 1 aliphatic rings. The van der Waals surface area contributed by atoms with Crippen molar-refractivity contribution >= 4 is 45.1 Å². The van der Waals surface area contributed by atoms with E-state index in [-0.39, 0.29) is 28.4 Å². The molecule has 0 saturated carbocycles. The second-order valence-corrected chi connectivity index (χ2v) is 10.2. The van der Waals surface area contributed by atoms with Crippen molar-refractivity contribution < 1.29 is 17.6 Å².